The molecule has 3 N–H and O–H groups in total. The smallest absolute Gasteiger partial charge is 0.313 e. The first kappa shape index (κ1) is 17.1. The summed E-state index contributed by atoms with van der Waals surface area (Å²) in [6.07, 6.45) is 9.93. The summed E-state index contributed by atoms with van der Waals surface area (Å²) in [7, 11) is 0. The van der Waals surface area contributed by atoms with Crippen LogP contribution in [0.4, 0.5) is 5.69 Å². The van der Waals surface area contributed by atoms with Gasteiger partial charge in [0.2, 0.25) is 0 Å². The molecule has 0 saturated carbocycles. The zero-order chi connectivity index (χ0) is 18.6. The van der Waals surface area contributed by atoms with Crippen molar-refractivity contribution in [2.24, 2.45) is 0 Å². The molecule has 2 heterocycles. The van der Waals surface area contributed by atoms with Crippen molar-refractivity contribution in [3.8, 4) is 0 Å². The average Bonchev–Trinajstić information content (AvgIpc) is 3.35. The monoisotopic (exact) mass is 363 g/mol. The minimum atomic E-state index is -0.657. The SMILES string of the molecule is O=C(Nc1ccccc1Cn1ccnc1)C(=O)NC1CCCc2[nH]ccc21. The van der Waals surface area contributed by atoms with E-state index >= 15 is 0 Å². The summed E-state index contributed by atoms with van der Waals surface area (Å²) in [6.45, 7) is 0.563. The highest BCUT2D eigenvalue weighted by Gasteiger charge is 2.25. The Labute approximate surface area is 156 Å². The lowest BCUT2D eigenvalue weighted by Gasteiger charge is -2.23. The molecule has 0 fully saturated rings. The summed E-state index contributed by atoms with van der Waals surface area (Å²) in [5, 5.41) is 5.60. The van der Waals surface area contributed by atoms with Gasteiger partial charge in [-0.15, -0.1) is 0 Å². The van der Waals surface area contributed by atoms with Crippen LogP contribution in [0.5, 0.6) is 0 Å². The summed E-state index contributed by atoms with van der Waals surface area (Å²) >= 11 is 0. The van der Waals surface area contributed by atoms with E-state index in [1.54, 1.807) is 18.6 Å². The van der Waals surface area contributed by atoms with E-state index in [2.05, 4.69) is 20.6 Å². The maximum atomic E-state index is 12.4. The molecular weight excluding hydrogens is 342 g/mol. The number of aryl methyl sites for hydroxylation is 1. The van der Waals surface area contributed by atoms with Crippen LogP contribution in [0.15, 0.2) is 55.2 Å². The average molecular weight is 363 g/mol. The molecule has 138 valence electrons. The highest BCUT2D eigenvalue weighted by atomic mass is 16.2. The summed E-state index contributed by atoms with van der Waals surface area (Å²) in [6, 6.07) is 9.29. The molecule has 3 aromatic rings. The molecule has 2 aromatic heterocycles. The predicted molar refractivity (Wildman–Crippen MR) is 101 cm³/mol. The second kappa shape index (κ2) is 7.49. The van der Waals surface area contributed by atoms with E-state index in [4.69, 9.17) is 0 Å². The van der Waals surface area contributed by atoms with E-state index in [9.17, 15) is 9.59 Å². The maximum Gasteiger partial charge on any atom is 0.313 e. The first-order valence-electron chi connectivity index (χ1n) is 9.02. The van der Waals surface area contributed by atoms with Crippen LogP contribution in [0.25, 0.3) is 0 Å². The van der Waals surface area contributed by atoms with Gasteiger partial charge in [-0.1, -0.05) is 18.2 Å². The first-order chi connectivity index (χ1) is 13.2. The zero-order valence-corrected chi connectivity index (χ0v) is 14.8. The number of hydrogen-bond donors (Lipinski definition) is 3. The second-order valence-electron chi connectivity index (χ2n) is 6.68. The van der Waals surface area contributed by atoms with Crippen molar-refractivity contribution in [3.63, 3.8) is 0 Å². The lowest BCUT2D eigenvalue weighted by Crippen LogP contribution is -2.38. The van der Waals surface area contributed by atoms with Crippen LogP contribution < -0.4 is 10.6 Å². The standard InChI is InChI=1S/C20H21N5O2/c26-19(20(27)24-18-7-3-6-17-15(18)8-9-22-17)23-16-5-2-1-4-14(16)12-25-11-10-21-13-25/h1-2,4-5,8-11,13,18,22H,3,6-7,12H2,(H,23,26)(H,24,27). The van der Waals surface area contributed by atoms with Crippen LogP contribution in [0.3, 0.4) is 0 Å². The van der Waals surface area contributed by atoms with Gasteiger partial charge in [-0.05, 0) is 42.5 Å². The van der Waals surface area contributed by atoms with E-state index in [0.29, 0.717) is 12.2 Å². The zero-order valence-electron chi connectivity index (χ0n) is 14.8. The quantitative estimate of drug-likeness (QED) is 0.622. The Morgan fingerprint density at radius 3 is 2.96 bits per heavy atom. The van der Waals surface area contributed by atoms with Crippen molar-refractivity contribution in [2.75, 3.05) is 5.32 Å². The van der Waals surface area contributed by atoms with Gasteiger partial charge in [-0.3, -0.25) is 9.59 Å². The number of benzene rings is 1. The number of H-pyrrole nitrogens is 1. The highest BCUT2D eigenvalue weighted by molar-refractivity contribution is 6.39. The van der Waals surface area contributed by atoms with Crippen molar-refractivity contribution < 1.29 is 9.59 Å². The number of aromatic nitrogens is 3. The third-order valence-corrected chi connectivity index (χ3v) is 4.85. The number of para-hydroxylation sites is 1. The minimum absolute atomic E-state index is 0.126. The molecule has 1 aliphatic rings. The Bertz CT molecular complexity index is 945. The maximum absolute atomic E-state index is 12.4. The first-order valence-corrected chi connectivity index (χ1v) is 9.02. The fourth-order valence-electron chi connectivity index (χ4n) is 3.51. The number of carbonyl (C=O) groups is 2. The van der Waals surface area contributed by atoms with Gasteiger partial charge in [0.25, 0.3) is 0 Å². The number of nitrogens with zero attached hydrogens (tertiary/aromatic N) is 2. The molecule has 0 spiro atoms. The molecule has 0 radical (unpaired) electrons. The van der Waals surface area contributed by atoms with E-state index in [-0.39, 0.29) is 6.04 Å². The Balaban J connectivity index is 1.43. The fourth-order valence-corrected chi connectivity index (χ4v) is 3.51. The Morgan fingerprint density at radius 2 is 2.11 bits per heavy atom. The minimum Gasteiger partial charge on any atom is -0.365 e. The molecule has 1 aromatic carbocycles. The van der Waals surface area contributed by atoms with Crippen molar-refractivity contribution in [2.45, 2.75) is 31.8 Å². The molecule has 1 aliphatic carbocycles. The summed E-state index contributed by atoms with van der Waals surface area (Å²) in [5.74, 6) is -1.28. The number of rotatable bonds is 4. The Kier molecular flexibility index (Phi) is 4.74. The molecule has 4 rings (SSSR count). The molecule has 27 heavy (non-hydrogen) atoms. The third kappa shape index (κ3) is 3.76. The number of nitrogens with one attached hydrogen (secondary N) is 3. The van der Waals surface area contributed by atoms with Crippen LogP contribution in [0.2, 0.25) is 0 Å². The molecule has 0 bridgehead atoms. The van der Waals surface area contributed by atoms with E-state index < -0.39 is 11.8 Å². The summed E-state index contributed by atoms with van der Waals surface area (Å²) < 4.78 is 1.90. The molecular formula is C20H21N5O2. The fraction of sp³-hybridized carbons (Fsp3) is 0.250. The number of anilines is 1. The summed E-state index contributed by atoms with van der Waals surface area (Å²) in [4.78, 5) is 32.1. The van der Waals surface area contributed by atoms with E-state index in [0.717, 1.165) is 36.1 Å². The van der Waals surface area contributed by atoms with Crippen molar-refractivity contribution in [3.05, 3.63) is 72.1 Å². The van der Waals surface area contributed by atoms with Gasteiger partial charge < -0.3 is 20.2 Å². The lowest BCUT2D eigenvalue weighted by atomic mass is 9.93. The number of carbonyl (C=O) groups excluding carboxylic acids is 2. The van der Waals surface area contributed by atoms with E-state index in [1.165, 1.54) is 0 Å². The van der Waals surface area contributed by atoms with Crippen LogP contribution in [0, 0.1) is 0 Å². The topological polar surface area (TPSA) is 91.8 Å². The molecule has 1 unspecified atom stereocenters. The molecule has 0 aliphatic heterocycles. The molecule has 1 atom stereocenters. The van der Waals surface area contributed by atoms with Crippen LogP contribution in [0.1, 0.15) is 35.7 Å². The van der Waals surface area contributed by atoms with Gasteiger partial charge in [0.05, 0.1) is 18.9 Å². The van der Waals surface area contributed by atoms with Gasteiger partial charge in [0.1, 0.15) is 0 Å². The number of aromatic amines is 1. The number of fused-ring (bicyclic) bond motifs is 1. The molecule has 2 amide bonds. The number of imidazole rings is 1. The largest absolute Gasteiger partial charge is 0.365 e. The normalized spacial score (nSPS) is 15.8. The number of hydrogen-bond acceptors (Lipinski definition) is 3. The molecule has 7 nitrogen and oxygen atoms in total. The van der Waals surface area contributed by atoms with Crippen molar-refractivity contribution in [1.29, 1.82) is 0 Å². The lowest BCUT2D eigenvalue weighted by molar-refractivity contribution is -0.136. The Hall–Kier alpha value is -3.35. The second-order valence-corrected chi connectivity index (χ2v) is 6.68. The van der Waals surface area contributed by atoms with Crippen LogP contribution >= 0.6 is 0 Å². The van der Waals surface area contributed by atoms with Crippen LogP contribution in [-0.4, -0.2) is 26.3 Å². The van der Waals surface area contributed by atoms with Crippen molar-refractivity contribution in [1.82, 2.24) is 19.9 Å². The molecule has 0 saturated heterocycles. The van der Waals surface area contributed by atoms with Gasteiger partial charge >= 0.3 is 11.8 Å². The number of amides is 2. The van der Waals surface area contributed by atoms with Crippen molar-refractivity contribution >= 4 is 17.5 Å². The predicted octanol–water partition coefficient (Wildman–Crippen LogP) is 2.39. The van der Waals surface area contributed by atoms with Gasteiger partial charge in [-0.2, -0.15) is 0 Å². The summed E-state index contributed by atoms with van der Waals surface area (Å²) in [5.41, 5.74) is 3.74. The van der Waals surface area contributed by atoms with Gasteiger partial charge in [-0.25, -0.2) is 4.98 Å². The van der Waals surface area contributed by atoms with E-state index in [1.807, 2.05) is 41.2 Å². The van der Waals surface area contributed by atoms with Gasteiger partial charge in [0, 0.05) is 30.0 Å². The Morgan fingerprint density at radius 1 is 1.22 bits per heavy atom. The third-order valence-electron chi connectivity index (χ3n) is 4.85. The molecule has 7 heteroatoms. The van der Waals surface area contributed by atoms with Gasteiger partial charge in [0.15, 0.2) is 0 Å². The highest BCUT2D eigenvalue weighted by Crippen LogP contribution is 2.28. The van der Waals surface area contributed by atoms with Crippen LogP contribution in [-0.2, 0) is 22.6 Å².